The lowest BCUT2D eigenvalue weighted by Crippen LogP contribution is -2.47. The molecule has 1 atom stereocenters. The Kier molecular flexibility index (Phi) is 4.35. The van der Waals surface area contributed by atoms with Gasteiger partial charge in [-0.1, -0.05) is 18.2 Å². The molecule has 1 aliphatic rings. The van der Waals surface area contributed by atoms with Crippen LogP contribution in [0.1, 0.15) is 18.4 Å². The van der Waals surface area contributed by atoms with E-state index in [0.717, 1.165) is 26.1 Å². The Morgan fingerprint density at radius 3 is 3.20 bits per heavy atom. The second-order valence-corrected chi connectivity index (χ2v) is 5.46. The summed E-state index contributed by atoms with van der Waals surface area (Å²) < 4.78 is 5.44. The van der Waals surface area contributed by atoms with E-state index in [1.807, 2.05) is 0 Å². The number of piperidine rings is 1. The van der Waals surface area contributed by atoms with Crippen LogP contribution in [0.2, 0.25) is 0 Å². The Morgan fingerprint density at radius 2 is 2.30 bits per heavy atom. The van der Waals surface area contributed by atoms with Crippen LogP contribution in [0.15, 0.2) is 30.5 Å². The maximum Gasteiger partial charge on any atom is 0.0712 e. The van der Waals surface area contributed by atoms with Crippen LogP contribution in [0.3, 0.4) is 0 Å². The van der Waals surface area contributed by atoms with Gasteiger partial charge in [0.15, 0.2) is 0 Å². The molecule has 0 bridgehead atoms. The van der Waals surface area contributed by atoms with Crippen molar-refractivity contribution in [3.8, 4) is 0 Å². The first-order valence-corrected chi connectivity index (χ1v) is 7.43. The molecule has 4 heteroatoms. The lowest BCUT2D eigenvalue weighted by Gasteiger charge is -2.32. The highest BCUT2D eigenvalue weighted by Gasteiger charge is 2.18. The van der Waals surface area contributed by atoms with Crippen molar-refractivity contribution in [3.05, 3.63) is 36.0 Å². The number of H-pyrrole nitrogens is 1. The quantitative estimate of drug-likeness (QED) is 0.878. The number of rotatable bonds is 5. The Balaban J connectivity index is 1.52. The Labute approximate surface area is 120 Å². The van der Waals surface area contributed by atoms with E-state index in [4.69, 9.17) is 4.74 Å². The minimum absolute atomic E-state index is 0.379. The Bertz CT molecular complexity index is 551. The predicted octanol–water partition coefficient (Wildman–Crippen LogP) is 2.33. The standard InChI is InChI=1S/C16H23N3O/c1-20-14-5-4-10-19(12-14)18-9-8-13-11-17-16-7-3-2-6-15(13)16/h2-3,6-7,11,14,17-18H,4-5,8-10,12H2,1H3. The maximum absolute atomic E-state index is 5.44. The van der Waals surface area contributed by atoms with Crippen LogP contribution in [-0.4, -0.2) is 42.8 Å². The molecule has 1 fully saturated rings. The van der Waals surface area contributed by atoms with Crippen molar-refractivity contribution in [2.75, 3.05) is 26.7 Å². The minimum atomic E-state index is 0.379. The van der Waals surface area contributed by atoms with E-state index in [0.29, 0.717) is 6.10 Å². The first-order valence-electron chi connectivity index (χ1n) is 7.43. The number of hydrogen-bond acceptors (Lipinski definition) is 3. The largest absolute Gasteiger partial charge is 0.380 e. The van der Waals surface area contributed by atoms with Crippen molar-refractivity contribution < 1.29 is 4.74 Å². The van der Waals surface area contributed by atoms with Crippen molar-refractivity contribution in [1.29, 1.82) is 0 Å². The summed E-state index contributed by atoms with van der Waals surface area (Å²) in [7, 11) is 1.81. The molecule has 0 radical (unpaired) electrons. The van der Waals surface area contributed by atoms with E-state index in [1.54, 1.807) is 7.11 Å². The van der Waals surface area contributed by atoms with Gasteiger partial charge in [-0.25, -0.2) is 5.01 Å². The molecular formula is C16H23N3O. The fourth-order valence-corrected chi connectivity index (χ4v) is 2.96. The summed E-state index contributed by atoms with van der Waals surface area (Å²) in [6.07, 6.45) is 5.93. The Morgan fingerprint density at radius 1 is 1.40 bits per heavy atom. The molecule has 1 unspecified atom stereocenters. The zero-order chi connectivity index (χ0) is 13.8. The molecule has 108 valence electrons. The number of aromatic nitrogens is 1. The van der Waals surface area contributed by atoms with Gasteiger partial charge in [0.1, 0.15) is 0 Å². The zero-order valence-corrected chi connectivity index (χ0v) is 12.1. The van der Waals surface area contributed by atoms with Crippen LogP contribution < -0.4 is 5.43 Å². The number of hydrogen-bond donors (Lipinski definition) is 2. The van der Waals surface area contributed by atoms with Crippen molar-refractivity contribution in [1.82, 2.24) is 15.4 Å². The molecule has 2 N–H and O–H groups in total. The van der Waals surface area contributed by atoms with Crippen molar-refractivity contribution in [2.45, 2.75) is 25.4 Å². The summed E-state index contributed by atoms with van der Waals surface area (Å²) in [5.41, 5.74) is 6.13. The SMILES string of the molecule is COC1CCCN(NCCc2c[nH]c3ccccc23)C1. The molecular weight excluding hydrogens is 250 g/mol. The minimum Gasteiger partial charge on any atom is -0.380 e. The summed E-state index contributed by atoms with van der Waals surface area (Å²) in [6.45, 7) is 3.08. The summed E-state index contributed by atoms with van der Waals surface area (Å²) >= 11 is 0. The molecule has 1 aromatic heterocycles. The monoisotopic (exact) mass is 273 g/mol. The van der Waals surface area contributed by atoms with Gasteiger partial charge in [0, 0.05) is 43.8 Å². The van der Waals surface area contributed by atoms with Crippen LogP contribution in [-0.2, 0) is 11.2 Å². The van der Waals surface area contributed by atoms with Crippen LogP contribution >= 0.6 is 0 Å². The van der Waals surface area contributed by atoms with Crippen molar-refractivity contribution in [3.63, 3.8) is 0 Å². The summed E-state index contributed by atoms with van der Waals surface area (Å²) in [6, 6.07) is 8.48. The van der Waals surface area contributed by atoms with Crippen LogP contribution in [0.5, 0.6) is 0 Å². The molecule has 0 amide bonds. The summed E-state index contributed by atoms with van der Waals surface area (Å²) in [5.74, 6) is 0. The molecule has 2 aromatic rings. The number of nitrogens with one attached hydrogen (secondary N) is 2. The van der Waals surface area contributed by atoms with E-state index < -0.39 is 0 Å². The van der Waals surface area contributed by atoms with Crippen LogP contribution in [0.25, 0.3) is 10.9 Å². The van der Waals surface area contributed by atoms with Gasteiger partial charge in [0.2, 0.25) is 0 Å². The fourth-order valence-electron chi connectivity index (χ4n) is 2.96. The first kappa shape index (κ1) is 13.6. The molecule has 3 rings (SSSR count). The Hall–Kier alpha value is -1.36. The number of methoxy groups -OCH3 is 1. The number of fused-ring (bicyclic) bond motifs is 1. The lowest BCUT2D eigenvalue weighted by atomic mass is 10.1. The number of hydrazine groups is 1. The lowest BCUT2D eigenvalue weighted by molar-refractivity contribution is 0.0109. The van der Waals surface area contributed by atoms with E-state index in [-0.39, 0.29) is 0 Å². The average molecular weight is 273 g/mol. The third-order valence-electron chi connectivity index (χ3n) is 4.12. The van der Waals surface area contributed by atoms with Gasteiger partial charge in [0.05, 0.1) is 6.10 Å². The number of benzene rings is 1. The summed E-state index contributed by atoms with van der Waals surface area (Å²) in [5, 5.41) is 3.63. The molecule has 0 aliphatic carbocycles. The third kappa shape index (κ3) is 3.03. The van der Waals surface area contributed by atoms with Gasteiger partial charge in [-0.15, -0.1) is 0 Å². The summed E-state index contributed by atoms with van der Waals surface area (Å²) in [4.78, 5) is 3.33. The molecule has 1 saturated heterocycles. The van der Waals surface area contributed by atoms with E-state index in [9.17, 15) is 0 Å². The molecule has 1 aliphatic heterocycles. The van der Waals surface area contributed by atoms with Gasteiger partial charge in [-0.3, -0.25) is 5.43 Å². The van der Waals surface area contributed by atoms with Gasteiger partial charge < -0.3 is 9.72 Å². The van der Waals surface area contributed by atoms with Crippen LogP contribution in [0.4, 0.5) is 0 Å². The number of aromatic amines is 1. The highest BCUT2D eigenvalue weighted by molar-refractivity contribution is 5.83. The van der Waals surface area contributed by atoms with Crippen molar-refractivity contribution >= 4 is 10.9 Å². The second kappa shape index (κ2) is 6.39. The van der Waals surface area contributed by atoms with Crippen LogP contribution in [0, 0.1) is 0 Å². The fraction of sp³-hybridized carbons (Fsp3) is 0.500. The highest BCUT2D eigenvalue weighted by Crippen LogP contribution is 2.18. The molecule has 20 heavy (non-hydrogen) atoms. The zero-order valence-electron chi connectivity index (χ0n) is 12.1. The molecule has 4 nitrogen and oxygen atoms in total. The van der Waals surface area contributed by atoms with E-state index >= 15 is 0 Å². The molecule has 2 heterocycles. The predicted molar refractivity (Wildman–Crippen MR) is 81.6 cm³/mol. The van der Waals surface area contributed by atoms with E-state index in [2.05, 4.69) is 45.9 Å². The van der Waals surface area contributed by atoms with E-state index in [1.165, 1.54) is 29.3 Å². The van der Waals surface area contributed by atoms with Gasteiger partial charge in [-0.05, 0) is 30.9 Å². The average Bonchev–Trinajstić information content (AvgIpc) is 2.91. The number of ether oxygens (including phenoxy) is 1. The first-order chi connectivity index (χ1) is 9.86. The van der Waals surface area contributed by atoms with Gasteiger partial charge >= 0.3 is 0 Å². The maximum atomic E-state index is 5.44. The normalized spacial score (nSPS) is 20.6. The topological polar surface area (TPSA) is 40.3 Å². The number of nitrogens with zero attached hydrogens (tertiary/aromatic N) is 1. The smallest absolute Gasteiger partial charge is 0.0712 e. The molecule has 0 spiro atoms. The highest BCUT2D eigenvalue weighted by atomic mass is 16.5. The van der Waals surface area contributed by atoms with Gasteiger partial charge in [0.25, 0.3) is 0 Å². The second-order valence-electron chi connectivity index (χ2n) is 5.46. The van der Waals surface area contributed by atoms with Crippen molar-refractivity contribution in [2.24, 2.45) is 0 Å². The number of para-hydroxylation sites is 1. The molecule has 0 saturated carbocycles. The third-order valence-corrected chi connectivity index (χ3v) is 4.12. The van der Waals surface area contributed by atoms with Gasteiger partial charge in [-0.2, -0.15) is 0 Å². The molecule has 1 aromatic carbocycles.